The molecular weight excluding hydrogens is 334 g/mol. The van der Waals surface area contributed by atoms with Crippen molar-refractivity contribution in [3.8, 4) is 0 Å². The molecule has 2 aromatic heterocycles. The molecule has 0 amide bonds. The Labute approximate surface area is 159 Å². The summed E-state index contributed by atoms with van der Waals surface area (Å²) < 4.78 is 0. The molecule has 1 fully saturated rings. The van der Waals surface area contributed by atoms with Crippen LogP contribution in [0.5, 0.6) is 0 Å². The number of nitrogens with one attached hydrogen (secondary N) is 3. The Morgan fingerprint density at radius 2 is 1.96 bits per heavy atom. The number of rotatable bonds is 4. The molecular formula is C22H27N5. The summed E-state index contributed by atoms with van der Waals surface area (Å²) in [4.78, 5) is 8.18. The molecule has 5 heteroatoms. The zero-order valence-electron chi connectivity index (χ0n) is 15.6. The molecule has 0 saturated heterocycles. The number of pyridine rings is 1. The second-order valence-electron chi connectivity index (χ2n) is 7.94. The van der Waals surface area contributed by atoms with E-state index in [1.165, 1.54) is 35.9 Å². The van der Waals surface area contributed by atoms with Crippen LogP contribution in [0, 0.1) is 0 Å². The first kappa shape index (κ1) is 16.6. The van der Waals surface area contributed by atoms with Crippen LogP contribution < -0.4 is 16.4 Å². The van der Waals surface area contributed by atoms with Crippen LogP contribution in [0.4, 0.5) is 17.2 Å². The summed E-state index contributed by atoms with van der Waals surface area (Å²) in [7, 11) is 0. The molecule has 140 valence electrons. The van der Waals surface area contributed by atoms with Gasteiger partial charge in [-0.25, -0.2) is 4.98 Å². The van der Waals surface area contributed by atoms with Gasteiger partial charge in [-0.3, -0.25) is 0 Å². The third-order valence-electron chi connectivity index (χ3n) is 6.03. The van der Waals surface area contributed by atoms with Crippen molar-refractivity contribution >= 4 is 28.1 Å². The molecule has 1 aromatic carbocycles. The molecule has 0 aliphatic heterocycles. The summed E-state index contributed by atoms with van der Waals surface area (Å²) in [5, 5.41) is 8.40. The summed E-state index contributed by atoms with van der Waals surface area (Å²) in [6.07, 6.45) is 10.2. The lowest BCUT2D eigenvalue weighted by Crippen LogP contribution is -2.42. The normalized spacial score (nSPS) is 22.0. The molecule has 0 spiro atoms. The number of aromatic nitrogens is 2. The van der Waals surface area contributed by atoms with Crippen molar-refractivity contribution in [2.45, 2.75) is 57.0 Å². The zero-order chi connectivity index (χ0) is 18.2. The van der Waals surface area contributed by atoms with Crippen LogP contribution in [-0.4, -0.2) is 22.1 Å². The zero-order valence-corrected chi connectivity index (χ0v) is 15.6. The number of nitrogens with two attached hydrogens (primary N) is 1. The number of H-pyrrole nitrogens is 1. The second kappa shape index (κ2) is 6.89. The van der Waals surface area contributed by atoms with E-state index in [0.29, 0.717) is 6.04 Å². The van der Waals surface area contributed by atoms with Crippen molar-refractivity contribution in [2.75, 3.05) is 10.6 Å². The molecule has 5 nitrogen and oxygen atoms in total. The predicted molar refractivity (Wildman–Crippen MR) is 112 cm³/mol. The molecule has 2 atom stereocenters. The maximum atomic E-state index is 6.34. The molecule has 27 heavy (non-hydrogen) atoms. The van der Waals surface area contributed by atoms with Crippen molar-refractivity contribution in [3.63, 3.8) is 0 Å². The molecule has 3 aromatic rings. The number of aromatic amines is 1. The van der Waals surface area contributed by atoms with Gasteiger partial charge in [0.2, 0.25) is 0 Å². The average molecular weight is 361 g/mol. The van der Waals surface area contributed by atoms with Gasteiger partial charge >= 0.3 is 0 Å². The second-order valence-corrected chi connectivity index (χ2v) is 7.94. The summed E-state index contributed by atoms with van der Waals surface area (Å²) in [5.41, 5.74) is 12.3. The van der Waals surface area contributed by atoms with Gasteiger partial charge in [0.05, 0.1) is 5.69 Å². The van der Waals surface area contributed by atoms with E-state index in [1.54, 1.807) is 0 Å². The first-order chi connectivity index (χ1) is 13.3. The van der Waals surface area contributed by atoms with Gasteiger partial charge in [-0.05, 0) is 61.9 Å². The number of nitrogens with zero attached hydrogens (tertiary/aromatic N) is 1. The Balaban J connectivity index is 1.45. The lowest BCUT2D eigenvalue weighted by atomic mass is 9.91. The topological polar surface area (TPSA) is 78.8 Å². The highest BCUT2D eigenvalue weighted by atomic mass is 15.0. The van der Waals surface area contributed by atoms with Gasteiger partial charge in [-0.2, -0.15) is 0 Å². The van der Waals surface area contributed by atoms with Gasteiger partial charge in [0.1, 0.15) is 5.82 Å². The minimum atomic E-state index is 0.230. The summed E-state index contributed by atoms with van der Waals surface area (Å²) in [5.74, 6) is 0.921. The molecule has 0 radical (unpaired) electrons. The van der Waals surface area contributed by atoms with Crippen molar-refractivity contribution in [1.29, 1.82) is 0 Å². The minimum Gasteiger partial charge on any atom is -0.381 e. The third kappa shape index (κ3) is 3.28. The van der Waals surface area contributed by atoms with Gasteiger partial charge in [-0.15, -0.1) is 0 Å². The van der Waals surface area contributed by atoms with Crippen LogP contribution in [0.15, 0.2) is 36.5 Å². The maximum absolute atomic E-state index is 6.34. The minimum absolute atomic E-state index is 0.230. The van der Waals surface area contributed by atoms with E-state index in [4.69, 9.17) is 10.7 Å². The van der Waals surface area contributed by atoms with Crippen molar-refractivity contribution in [1.82, 2.24) is 9.97 Å². The molecule has 2 aliphatic rings. The molecule has 5 rings (SSSR count). The quantitative estimate of drug-likeness (QED) is 0.552. The first-order valence-electron chi connectivity index (χ1n) is 10.2. The molecule has 2 aliphatic carbocycles. The fourth-order valence-corrected chi connectivity index (χ4v) is 4.53. The Kier molecular flexibility index (Phi) is 4.24. The van der Waals surface area contributed by atoms with E-state index >= 15 is 0 Å². The Hall–Kier alpha value is -2.53. The smallest absolute Gasteiger partial charge is 0.130 e. The fraction of sp³-hybridized carbons (Fsp3) is 0.409. The van der Waals surface area contributed by atoms with Crippen molar-refractivity contribution in [2.24, 2.45) is 5.73 Å². The number of fused-ring (bicyclic) bond motifs is 2. The van der Waals surface area contributed by atoms with Crippen LogP contribution in [0.2, 0.25) is 0 Å². The highest BCUT2D eigenvalue weighted by molar-refractivity contribution is 5.96. The number of hydrogen-bond donors (Lipinski definition) is 4. The van der Waals surface area contributed by atoms with Crippen LogP contribution in [0.1, 0.15) is 43.4 Å². The van der Waals surface area contributed by atoms with E-state index in [0.717, 1.165) is 48.4 Å². The highest BCUT2D eigenvalue weighted by Gasteiger charge is 2.22. The molecule has 0 bridgehead atoms. The fourth-order valence-electron chi connectivity index (χ4n) is 4.53. The van der Waals surface area contributed by atoms with Gasteiger partial charge in [-0.1, -0.05) is 18.9 Å². The third-order valence-corrected chi connectivity index (χ3v) is 6.03. The monoisotopic (exact) mass is 361 g/mol. The number of aryl methyl sites for hydroxylation is 2. The van der Waals surface area contributed by atoms with Gasteiger partial charge < -0.3 is 21.4 Å². The molecule has 0 unspecified atom stereocenters. The number of hydrogen-bond acceptors (Lipinski definition) is 4. The number of anilines is 3. The Morgan fingerprint density at radius 1 is 1.04 bits per heavy atom. The van der Waals surface area contributed by atoms with E-state index in [1.807, 2.05) is 6.20 Å². The molecule has 1 saturated carbocycles. The van der Waals surface area contributed by atoms with E-state index < -0.39 is 0 Å². The van der Waals surface area contributed by atoms with Gasteiger partial charge in [0, 0.05) is 40.6 Å². The van der Waals surface area contributed by atoms with Crippen LogP contribution in [0.3, 0.4) is 0 Å². The van der Waals surface area contributed by atoms with Gasteiger partial charge in [0.15, 0.2) is 0 Å². The molecule has 2 heterocycles. The Bertz CT molecular complexity index is 960. The first-order valence-corrected chi connectivity index (χ1v) is 10.2. The maximum Gasteiger partial charge on any atom is 0.130 e. The van der Waals surface area contributed by atoms with Crippen molar-refractivity contribution in [3.05, 3.63) is 47.8 Å². The summed E-state index contributed by atoms with van der Waals surface area (Å²) in [6.45, 7) is 0. The summed E-state index contributed by atoms with van der Waals surface area (Å²) in [6, 6.07) is 11.4. The number of benzene rings is 1. The van der Waals surface area contributed by atoms with Crippen molar-refractivity contribution < 1.29 is 0 Å². The summed E-state index contributed by atoms with van der Waals surface area (Å²) >= 11 is 0. The average Bonchev–Trinajstić information content (AvgIpc) is 3.32. The standard InChI is InChI=1S/C22H27N5/c23-17-5-1-2-6-19(17)25-15-12-20-16(10-11-24-20)21(13-15)27-22-9-8-14-4-3-7-18(14)26-22/h8-13,17,19,24-25H,1-7,23H2,(H,26,27)/t17-,19+/m0/s1. The SMILES string of the molecule is N[C@H]1CCCC[C@H]1Nc1cc(Nc2ccc3c(n2)CCC3)c2cc[nH]c2c1. The van der Waals surface area contributed by atoms with Crippen LogP contribution >= 0.6 is 0 Å². The van der Waals surface area contributed by atoms with Crippen LogP contribution in [-0.2, 0) is 12.8 Å². The van der Waals surface area contributed by atoms with E-state index in [-0.39, 0.29) is 6.04 Å². The highest BCUT2D eigenvalue weighted by Crippen LogP contribution is 2.32. The Morgan fingerprint density at radius 3 is 2.89 bits per heavy atom. The lowest BCUT2D eigenvalue weighted by molar-refractivity contribution is 0.404. The van der Waals surface area contributed by atoms with Crippen LogP contribution in [0.25, 0.3) is 10.9 Å². The largest absolute Gasteiger partial charge is 0.381 e. The van der Waals surface area contributed by atoms with Gasteiger partial charge in [0.25, 0.3) is 0 Å². The predicted octanol–water partition coefficient (Wildman–Crippen LogP) is 4.48. The van der Waals surface area contributed by atoms with E-state index in [2.05, 4.69) is 45.9 Å². The van der Waals surface area contributed by atoms with E-state index in [9.17, 15) is 0 Å². The molecule has 5 N–H and O–H groups in total. The lowest BCUT2D eigenvalue weighted by Gasteiger charge is -2.30.